The molecule has 4 aromatic rings. The summed E-state index contributed by atoms with van der Waals surface area (Å²) in [5.74, 6) is 0.338. The molecule has 3 nitrogen and oxygen atoms in total. The van der Waals surface area contributed by atoms with Gasteiger partial charge in [0.25, 0.3) is 0 Å². The molecule has 0 aliphatic carbocycles. The SMILES string of the molecule is CCCc1sc(NC(=O)CSc2ccccc2)nc1-c1ccc(-c2ccccc2)cc1. The molecule has 0 bridgehead atoms. The monoisotopic (exact) mass is 444 g/mol. The molecule has 0 spiro atoms. The Balaban J connectivity index is 1.48. The molecule has 0 saturated heterocycles. The molecular weight excluding hydrogens is 420 g/mol. The quantitative estimate of drug-likeness (QED) is 0.293. The number of aromatic nitrogens is 1. The summed E-state index contributed by atoms with van der Waals surface area (Å²) in [6.07, 6.45) is 1.98. The molecule has 0 aliphatic heterocycles. The van der Waals surface area contributed by atoms with Crippen molar-refractivity contribution in [3.63, 3.8) is 0 Å². The van der Waals surface area contributed by atoms with Gasteiger partial charge in [-0.2, -0.15) is 0 Å². The van der Waals surface area contributed by atoms with Crippen LogP contribution in [0.5, 0.6) is 0 Å². The van der Waals surface area contributed by atoms with E-state index in [2.05, 4.69) is 48.6 Å². The molecule has 0 atom stereocenters. The third kappa shape index (κ3) is 5.63. The summed E-state index contributed by atoms with van der Waals surface area (Å²) >= 11 is 3.11. The Kier molecular flexibility index (Phi) is 7.18. The van der Waals surface area contributed by atoms with Crippen molar-refractivity contribution < 1.29 is 4.79 Å². The highest BCUT2D eigenvalue weighted by Gasteiger charge is 2.15. The minimum Gasteiger partial charge on any atom is -0.301 e. The number of hydrogen-bond acceptors (Lipinski definition) is 4. The number of carbonyl (C=O) groups is 1. The van der Waals surface area contributed by atoms with Crippen molar-refractivity contribution >= 4 is 34.1 Å². The summed E-state index contributed by atoms with van der Waals surface area (Å²) in [6, 6.07) is 28.8. The lowest BCUT2D eigenvalue weighted by molar-refractivity contribution is -0.113. The number of carbonyl (C=O) groups excluding carboxylic acids is 1. The third-order valence-corrected chi connectivity index (χ3v) is 6.84. The second-order valence-corrected chi connectivity index (χ2v) is 9.27. The molecule has 4 rings (SSSR count). The van der Waals surface area contributed by atoms with Gasteiger partial charge < -0.3 is 5.32 Å². The van der Waals surface area contributed by atoms with Crippen LogP contribution in [-0.2, 0) is 11.2 Å². The van der Waals surface area contributed by atoms with E-state index >= 15 is 0 Å². The number of benzene rings is 3. The maximum atomic E-state index is 12.4. The molecule has 5 heteroatoms. The fourth-order valence-electron chi connectivity index (χ4n) is 3.30. The number of nitrogens with zero attached hydrogens (tertiary/aromatic N) is 1. The topological polar surface area (TPSA) is 42.0 Å². The standard InChI is InChI=1S/C26H24N2OS2/c1-2-9-23-25(21-16-14-20(15-17-21)19-10-5-3-6-11-19)28-26(31-23)27-24(29)18-30-22-12-7-4-8-13-22/h3-8,10-17H,2,9,18H2,1H3,(H,27,28,29). The van der Waals surface area contributed by atoms with E-state index in [9.17, 15) is 4.79 Å². The summed E-state index contributed by atoms with van der Waals surface area (Å²) in [4.78, 5) is 19.5. The van der Waals surface area contributed by atoms with Gasteiger partial charge in [0.15, 0.2) is 5.13 Å². The first-order valence-corrected chi connectivity index (χ1v) is 12.2. The van der Waals surface area contributed by atoms with Gasteiger partial charge in [0.1, 0.15) is 0 Å². The number of aryl methyl sites for hydroxylation is 1. The average Bonchev–Trinajstić information content (AvgIpc) is 3.21. The van der Waals surface area contributed by atoms with Crippen LogP contribution in [0.3, 0.4) is 0 Å². The molecule has 1 heterocycles. The fourth-order valence-corrected chi connectivity index (χ4v) is 5.12. The van der Waals surface area contributed by atoms with Gasteiger partial charge in [0.2, 0.25) is 5.91 Å². The summed E-state index contributed by atoms with van der Waals surface area (Å²) in [5, 5.41) is 3.66. The minimum atomic E-state index is -0.0309. The highest BCUT2D eigenvalue weighted by atomic mass is 32.2. The number of rotatable bonds is 8. The molecule has 0 unspecified atom stereocenters. The van der Waals surface area contributed by atoms with E-state index in [4.69, 9.17) is 4.98 Å². The van der Waals surface area contributed by atoms with Crippen LogP contribution in [0.1, 0.15) is 18.2 Å². The lowest BCUT2D eigenvalue weighted by atomic mass is 10.0. The van der Waals surface area contributed by atoms with E-state index in [1.165, 1.54) is 27.8 Å². The fraction of sp³-hybridized carbons (Fsp3) is 0.154. The highest BCUT2D eigenvalue weighted by molar-refractivity contribution is 8.00. The van der Waals surface area contributed by atoms with E-state index < -0.39 is 0 Å². The number of amides is 1. The molecule has 0 radical (unpaired) electrons. The van der Waals surface area contributed by atoms with Crippen molar-refractivity contribution in [2.75, 3.05) is 11.1 Å². The highest BCUT2D eigenvalue weighted by Crippen LogP contribution is 2.33. The molecular formula is C26H24N2OS2. The van der Waals surface area contributed by atoms with Crippen LogP contribution in [0, 0.1) is 0 Å². The Bertz CT molecular complexity index is 1120. The van der Waals surface area contributed by atoms with Crippen LogP contribution in [-0.4, -0.2) is 16.6 Å². The van der Waals surface area contributed by atoms with E-state index in [1.807, 2.05) is 48.5 Å². The molecule has 31 heavy (non-hydrogen) atoms. The first kappa shape index (κ1) is 21.3. The predicted molar refractivity (Wildman–Crippen MR) is 133 cm³/mol. The lowest BCUT2D eigenvalue weighted by Gasteiger charge is -2.05. The first-order chi connectivity index (χ1) is 15.2. The van der Waals surface area contributed by atoms with Crippen molar-refractivity contribution in [3.05, 3.63) is 89.8 Å². The van der Waals surface area contributed by atoms with Crippen LogP contribution in [0.25, 0.3) is 22.4 Å². The minimum absolute atomic E-state index is 0.0309. The van der Waals surface area contributed by atoms with Crippen molar-refractivity contribution in [1.29, 1.82) is 0 Å². The zero-order chi connectivity index (χ0) is 21.5. The van der Waals surface area contributed by atoms with Crippen molar-refractivity contribution in [2.24, 2.45) is 0 Å². The van der Waals surface area contributed by atoms with Gasteiger partial charge in [-0.1, -0.05) is 86.1 Å². The largest absolute Gasteiger partial charge is 0.301 e. The number of nitrogens with one attached hydrogen (secondary N) is 1. The summed E-state index contributed by atoms with van der Waals surface area (Å²) in [5.41, 5.74) is 4.43. The number of thioether (sulfide) groups is 1. The second kappa shape index (κ2) is 10.4. The van der Waals surface area contributed by atoms with Gasteiger partial charge in [-0.15, -0.1) is 23.1 Å². The Morgan fingerprint density at radius 1 is 0.871 bits per heavy atom. The van der Waals surface area contributed by atoms with Gasteiger partial charge >= 0.3 is 0 Å². The molecule has 0 saturated carbocycles. The average molecular weight is 445 g/mol. The summed E-state index contributed by atoms with van der Waals surface area (Å²) in [6.45, 7) is 2.16. The summed E-state index contributed by atoms with van der Waals surface area (Å²) in [7, 11) is 0. The van der Waals surface area contributed by atoms with E-state index in [-0.39, 0.29) is 5.91 Å². The van der Waals surface area contributed by atoms with Crippen LogP contribution in [0.2, 0.25) is 0 Å². The molecule has 1 aromatic heterocycles. The third-order valence-electron chi connectivity index (χ3n) is 4.80. The van der Waals surface area contributed by atoms with Gasteiger partial charge in [0.05, 0.1) is 11.4 Å². The predicted octanol–water partition coefficient (Wildman–Crippen LogP) is 7.16. The van der Waals surface area contributed by atoms with Crippen molar-refractivity contribution in [1.82, 2.24) is 4.98 Å². The molecule has 0 aliphatic rings. The van der Waals surface area contributed by atoms with E-state index in [1.54, 1.807) is 11.3 Å². The summed E-state index contributed by atoms with van der Waals surface area (Å²) < 4.78 is 0. The smallest absolute Gasteiger partial charge is 0.236 e. The molecule has 3 aromatic carbocycles. The molecule has 1 amide bonds. The second-order valence-electron chi connectivity index (χ2n) is 7.13. The molecule has 1 N–H and O–H groups in total. The number of thiazole rings is 1. The zero-order valence-electron chi connectivity index (χ0n) is 17.4. The van der Waals surface area contributed by atoms with Gasteiger partial charge in [0, 0.05) is 15.3 Å². The van der Waals surface area contributed by atoms with E-state index in [0.717, 1.165) is 29.0 Å². The van der Waals surface area contributed by atoms with Gasteiger partial charge in [-0.3, -0.25) is 4.79 Å². The maximum absolute atomic E-state index is 12.4. The Morgan fingerprint density at radius 2 is 1.48 bits per heavy atom. The zero-order valence-corrected chi connectivity index (χ0v) is 19.0. The molecule has 0 fully saturated rings. The van der Waals surface area contributed by atoms with Gasteiger partial charge in [-0.25, -0.2) is 4.98 Å². The maximum Gasteiger partial charge on any atom is 0.236 e. The molecule has 156 valence electrons. The van der Waals surface area contributed by atoms with Crippen LogP contribution >= 0.6 is 23.1 Å². The van der Waals surface area contributed by atoms with Gasteiger partial charge in [-0.05, 0) is 29.7 Å². The van der Waals surface area contributed by atoms with Crippen LogP contribution in [0.4, 0.5) is 5.13 Å². The van der Waals surface area contributed by atoms with Crippen LogP contribution < -0.4 is 5.32 Å². The van der Waals surface area contributed by atoms with E-state index in [0.29, 0.717) is 10.9 Å². The Labute approximate surface area is 191 Å². The van der Waals surface area contributed by atoms with Crippen LogP contribution in [0.15, 0.2) is 89.8 Å². The number of anilines is 1. The lowest BCUT2D eigenvalue weighted by Crippen LogP contribution is -2.13. The first-order valence-electron chi connectivity index (χ1n) is 10.4. The Hall–Kier alpha value is -2.89. The Morgan fingerprint density at radius 3 is 2.16 bits per heavy atom. The van der Waals surface area contributed by atoms with Crippen molar-refractivity contribution in [3.8, 4) is 22.4 Å². The normalized spacial score (nSPS) is 10.7. The van der Waals surface area contributed by atoms with Crippen molar-refractivity contribution in [2.45, 2.75) is 24.7 Å². The number of hydrogen-bond donors (Lipinski definition) is 1.